The Kier molecular flexibility index (Phi) is 4.94. The summed E-state index contributed by atoms with van der Waals surface area (Å²) in [5.74, 6) is -0.197. The van der Waals surface area contributed by atoms with Crippen molar-refractivity contribution in [1.29, 1.82) is 0 Å². The number of hydrogen-bond acceptors (Lipinski definition) is 6. The molecule has 0 amide bonds. The molecule has 0 saturated heterocycles. The molecular formula is C20H18N4O2S2. The van der Waals surface area contributed by atoms with Crippen molar-refractivity contribution in [2.75, 3.05) is 6.54 Å². The zero-order valence-electron chi connectivity index (χ0n) is 14.8. The molecule has 4 N–H and O–H groups in total. The van der Waals surface area contributed by atoms with E-state index in [2.05, 4.69) is 27.5 Å². The van der Waals surface area contributed by atoms with Crippen LogP contribution in [0.1, 0.15) is 17.2 Å². The van der Waals surface area contributed by atoms with Crippen LogP contribution in [0.4, 0.5) is 0 Å². The fraction of sp³-hybridized carbons (Fsp3) is 0.100. The Balaban J connectivity index is 1.86. The first-order chi connectivity index (χ1) is 13.5. The van der Waals surface area contributed by atoms with Gasteiger partial charge in [-0.1, -0.05) is 42.5 Å². The number of primary sulfonamides is 1. The third-order valence-corrected chi connectivity index (χ3v) is 6.48. The van der Waals surface area contributed by atoms with E-state index in [1.54, 1.807) is 29.8 Å². The molecule has 8 heteroatoms. The number of sulfonamides is 1. The van der Waals surface area contributed by atoms with Crippen LogP contribution in [-0.2, 0) is 10.0 Å². The summed E-state index contributed by atoms with van der Waals surface area (Å²) in [6, 6.07) is 16.5. The molecule has 2 heterocycles. The van der Waals surface area contributed by atoms with Gasteiger partial charge in [0.15, 0.2) is 0 Å². The van der Waals surface area contributed by atoms with Gasteiger partial charge in [0.1, 0.15) is 11.2 Å². The Morgan fingerprint density at radius 2 is 1.71 bits per heavy atom. The minimum atomic E-state index is -3.74. The van der Waals surface area contributed by atoms with Crippen LogP contribution in [0.5, 0.6) is 0 Å². The molecule has 0 spiro atoms. The van der Waals surface area contributed by atoms with Gasteiger partial charge < -0.3 is 5.73 Å². The highest BCUT2D eigenvalue weighted by atomic mass is 32.2. The van der Waals surface area contributed by atoms with Gasteiger partial charge in [0.2, 0.25) is 10.0 Å². The summed E-state index contributed by atoms with van der Waals surface area (Å²) in [5.41, 5.74) is 9.97. The average Bonchev–Trinajstić information content (AvgIpc) is 3.14. The predicted octanol–water partition coefficient (Wildman–Crippen LogP) is 3.10. The topological polar surface area (TPSA) is 112 Å². The van der Waals surface area contributed by atoms with E-state index in [-0.39, 0.29) is 10.8 Å². The van der Waals surface area contributed by atoms with Crippen molar-refractivity contribution in [2.24, 2.45) is 10.9 Å². The van der Waals surface area contributed by atoms with E-state index in [0.717, 1.165) is 32.6 Å². The Bertz CT molecular complexity index is 1220. The van der Waals surface area contributed by atoms with E-state index in [1.807, 2.05) is 18.2 Å². The van der Waals surface area contributed by atoms with E-state index in [9.17, 15) is 8.42 Å². The Hall–Kier alpha value is -2.65. The quantitative estimate of drug-likeness (QED) is 0.525. The molecule has 0 aliphatic carbocycles. The van der Waals surface area contributed by atoms with Gasteiger partial charge >= 0.3 is 0 Å². The van der Waals surface area contributed by atoms with Crippen molar-refractivity contribution in [3.05, 3.63) is 77.6 Å². The molecule has 0 fully saturated rings. The molecule has 2 aromatic heterocycles. The van der Waals surface area contributed by atoms with Crippen molar-refractivity contribution in [1.82, 2.24) is 9.97 Å². The third-order valence-electron chi connectivity index (χ3n) is 4.66. The highest BCUT2D eigenvalue weighted by molar-refractivity contribution is 7.89. The number of hydrogen-bond donors (Lipinski definition) is 2. The zero-order valence-corrected chi connectivity index (χ0v) is 16.5. The van der Waals surface area contributed by atoms with Gasteiger partial charge in [0.25, 0.3) is 0 Å². The maximum absolute atomic E-state index is 11.5. The number of benzene rings is 2. The predicted molar refractivity (Wildman–Crippen MR) is 112 cm³/mol. The van der Waals surface area contributed by atoms with Crippen LogP contribution in [0.3, 0.4) is 0 Å². The van der Waals surface area contributed by atoms with E-state index in [1.165, 1.54) is 12.1 Å². The van der Waals surface area contributed by atoms with Gasteiger partial charge in [-0.15, -0.1) is 11.3 Å². The highest BCUT2D eigenvalue weighted by Gasteiger charge is 2.21. The van der Waals surface area contributed by atoms with Crippen LogP contribution in [0.25, 0.3) is 21.3 Å². The van der Waals surface area contributed by atoms with Crippen LogP contribution < -0.4 is 10.9 Å². The number of thiophene rings is 1. The minimum absolute atomic E-state index is 0.0698. The molecule has 4 aromatic rings. The van der Waals surface area contributed by atoms with Gasteiger partial charge in [-0.3, -0.25) is 0 Å². The summed E-state index contributed by atoms with van der Waals surface area (Å²) in [6.07, 6.45) is 1.55. The van der Waals surface area contributed by atoms with E-state index >= 15 is 0 Å². The standard InChI is InChI=1S/C20H18N4O2S2/c21-10-16(14-6-8-15(9-7-14)28(22,25)26)19-18-17(13-4-2-1-3-5-13)11-27-20(18)24-12-23-19/h1-9,11-12,16H,10,21H2,(H2,22,25,26). The summed E-state index contributed by atoms with van der Waals surface area (Å²) in [4.78, 5) is 9.93. The molecular weight excluding hydrogens is 392 g/mol. The van der Waals surface area contributed by atoms with Crippen molar-refractivity contribution >= 4 is 31.6 Å². The number of rotatable bonds is 5. The van der Waals surface area contributed by atoms with Crippen LogP contribution in [0.15, 0.2) is 71.2 Å². The lowest BCUT2D eigenvalue weighted by Gasteiger charge is -2.17. The van der Waals surface area contributed by atoms with Gasteiger partial charge in [0, 0.05) is 28.8 Å². The molecule has 0 radical (unpaired) electrons. The second-order valence-corrected chi connectivity index (χ2v) is 8.78. The molecule has 0 aliphatic rings. The smallest absolute Gasteiger partial charge is 0.238 e. The maximum atomic E-state index is 11.5. The number of nitrogens with two attached hydrogens (primary N) is 2. The van der Waals surface area contributed by atoms with E-state index < -0.39 is 10.0 Å². The fourth-order valence-corrected chi connectivity index (χ4v) is 4.73. The number of aromatic nitrogens is 2. The molecule has 1 atom stereocenters. The fourth-order valence-electron chi connectivity index (χ4n) is 3.29. The van der Waals surface area contributed by atoms with Crippen LogP contribution >= 0.6 is 11.3 Å². The highest BCUT2D eigenvalue weighted by Crippen LogP contribution is 2.38. The van der Waals surface area contributed by atoms with Gasteiger partial charge in [-0.25, -0.2) is 23.5 Å². The average molecular weight is 411 g/mol. The number of fused-ring (bicyclic) bond motifs is 1. The largest absolute Gasteiger partial charge is 0.329 e. The van der Waals surface area contributed by atoms with E-state index in [4.69, 9.17) is 10.9 Å². The molecule has 1 unspecified atom stereocenters. The van der Waals surface area contributed by atoms with Crippen LogP contribution in [0.2, 0.25) is 0 Å². The first-order valence-electron chi connectivity index (χ1n) is 8.59. The van der Waals surface area contributed by atoms with Gasteiger partial charge in [0.05, 0.1) is 10.6 Å². The molecule has 142 valence electrons. The van der Waals surface area contributed by atoms with Crippen molar-refractivity contribution < 1.29 is 8.42 Å². The van der Waals surface area contributed by atoms with Gasteiger partial charge in [-0.05, 0) is 23.3 Å². The third kappa shape index (κ3) is 3.43. The summed E-state index contributed by atoms with van der Waals surface area (Å²) in [7, 11) is -3.74. The van der Waals surface area contributed by atoms with E-state index in [0.29, 0.717) is 6.54 Å². The second kappa shape index (κ2) is 7.40. The molecule has 0 aliphatic heterocycles. The Labute approximate surface area is 166 Å². The van der Waals surface area contributed by atoms with Crippen LogP contribution in [-0.4, -0.2) is 24.9 Å². The molecule has 0 bridgehead atoms. The zero-order chi connectivity index (χ0) is 19.7. The second-order valence-electron chi connectivity index (χ2n) is 6.36. The molecule has 6 nitrogen and oxygen atoms in total. The summed E-state index contributed by atoms with van der Waals surface area (Å²) >= 11 is 1.56. The first-order valence-corrected chi connectivity index (χ1v) is 11.0. The summed E-state index contributed by atoms with van der Waals surface area (Å²) in [6.45, 7) is 0.324. The molecule has 2 aromatic carbocycles. The van der Waals surface area contributed by atoms with Crippen molar-refractivity contribution in [2.45, 2.75) is 10.8 Å². The summed E-state index contributed by atoms with van der Waals surface area (Å²) in [5, 5.41) is 8.26. The lowest BCUT2D eigenvalue weighted by atomic mass is 9.92. The SMILES string of the molecule is NCC(c1ccc(S(N)(=O)=O)cc1)c1ncnc2scc(-c3ccccc3)c12. The molecule has 28 heavy (non-hydrogen) atoms. The van der Waals surface area contributed by atoms with Crippen molar-refractivity contribution in [3.63, 3.8) is 0 Å². The molecule has 4 rings (SSSR count). The lowest BCUT2D eigenvalue weighted by molar-refractivity contribution is 0.597. The minimum Gasteiger partial charge on any atom is -0.329 e. The lowest BCUT2D eigenvalue weighted by Crippen LogP contribution is -2.16. The number of nitrogens with zero attached hydrogens (tertiary/aromatic N) is 2. The summed E-state index contributed by atoms with van der Waals surface area (Å²) < 4.78 is 23.1. The van der Waals surface area contributed by atoms with Crippen molar-refractivity contribution in [3.8, 4) is 11.1 Å². The Morgan fingerprint density at radius 3 is 2.36 bits per heavy atom. The monoisotopic (exact) mass is 410 g/mol. The van der Waals surface area contributed by atoms with Gasteiger partial charge in [-0.2, -0.15) is 0 Å². The van der Waals surface area contributed by atoms with Crippen LogP contribution in [0, 0.1) is 0 Å². The normalized spacial score (nSPS) is 12.9. The molecule has 0 saturated carbocycles. The maximum Gasteiger partial charge on any atom is 0.238 e. The Morgan fingerprint density at radius 1 is 1.00 bits per heavy atom. The first kappa shape index (κ1) is 18.7.